The number of nitrogens with one attached hydrogen (secondary N) is 1. The number of fused-ring (bicyclic) bond motifs is 1. The Hall–Kier alpha value is -3.71. The van der Waals surface area contributed by atoms with Gasteiger partial charge in [-0.3, -0.25) is 14.1 Å². The average molecular weight is 446 g/mol. The Morgan fingerprint density at radius 1 is 0.875 bits per heavy atom. The maximum atomic E-state index is 13.5. The molecule has 0 aliphatic heterocycles. The van der Waals surface area contributed by atoms with Crippen molar-refractivity contribution in [3.05, 3.63) is 96.2 Å². The first-order valence-electron chi connectivity index (χ1n) is 10.1. The fourth-order valence-corrected chi connectivity index (χ4v) is 4.81. The summed E-state index contributed by atoms with van der Waals surface area (Å²) in [5.41, 5.74) is 3.54. The normalized spacial score (nSPS) is 11.3. The van der Waals surface area contributed by atoms with Gasteiger partial charge in [0.15, 0.2) is 0 Å². The highest BCUT2D eigenvalue weighted by Crippen LogP contribution is 2.25. The second kappa shape index (κ2) is 8.80. The number of aromatic nitrogens is 1. The van der Waals surface area contributed by atoms with Crippen molar-refractivity contribution in [3.63, 3.8) is 0 Å². The molecule has 4 rings (SSSR count). The van der Waals surface area contributed by atoms with Crippen molar-refractivity contribution in [2.45, 2.75) is 18.7 Å². The summed E-state index contributed by atoms with van der Waals surface area (Å²) in [5, 5.41) is 3.70. The van der Waals surface area contributed by atoms with Gasteiger partial charge in [0.25, 0.3) is 10.0 Å². The Morgan fingerprint density at radius 2 is 1.50 bits per heavy atom. The van der Waals surface area contributed by atoms with E-state index < -0.39 is 15.9 Å². The molecule has 32 heavy (non-hydrogen) atoms. The number of amides is 1. The molecule has 162 valence electrons. The third-order valence-corrected chi connectivity index (χ3v) is 6.91. The predicted molar refractivity (Wildman–Crippen MR) is 127 cm³/mol. The summed E-state index contributed by atoms with van der Waals surface area (Å²) in [7, 11) is -3.96. The van der Waals surface area contributed by atoms with Crippen LogP contribution >= 0.6 is 0 Å². The maximum absolute atomic E-state index is 13.5. The number of carbonyl (C=O) groups is 1. The smallest absolute Gasteiger partial charge is 0.264 e. The van der Waals surface area contributed by atoms with Gasteiger partial charge in [0.1, 0.15) is 6.54 Å². The molecule has 0 unspecified atom stereocenters. The number of para-hydroxylation sites is 1. The van der Waals surface area contributed by atoms with Gasteiger partial charge in [0, 0.05) is 11.6 Å². The zero-order chi connectivity index (χ0) is 22.7. The molecule has 6 nitrogen and oxygen atoms in total. The van der Waals surface area contributed by atoms with Gasteiger partial charge in [0.2, 0.25) is 5.91 Å². The van der Waals surface area contributed by atoms with E-state index in [1.54, 1.807) is 48.7 Å². The van der Waals surface area contributed by atoms with E-state index in [1.165, 1.54) is 0 Å². The van der Waals surface area contributed by atoms with E-state index in [9.17, 15) is 13.2 Å². The van der Waals surface area contributed by atoms with Crippen LogP contribution in [-0.4, -0.2) is 25.9 Å². The second-order valence-electron chi connectivity index (χ2n) is 7.59. The number of anilines is 2. The lowest BCUT2D eigenvalue weighted by atomic mass is 10.2. The highest BCUT2D eigenvalue weighted by Gasteiger charge is 2.27. The van der Waals surface area contributed by atoms with Crippen LogP contribution in [-0.2, 0) is 14.8 Å². The van der Waals surface area contributed by atoms with Crippen LogP contribution in [0.5, 0.6) is 0 Å². The Morgan fingerprint density at radius 3 is 2.19 bits per heavy atom. The molecule has 0 aliphatic rings. The molecule has 1 aromatic heterocycles. The number of carbonyl (C=O) groups excluding carboxylic acids is 1. The molecule has 0 bridgehead atoms. The van der Waals surface area contributed by atoms with Gasteiger partial charge in [0.05, 0.1) is 21.8 Å². The molecule has 0 atom stereocenters. The standard InChI is InChI=1S/C25H23N3O3S/c1-18-8-12-21(13-9-18)28(32(30,31)22-14-10-19(2)11-15-22)17-24(29)27-23-7-3-5-20-6-4-16-26-25(20)23/h3-16H,17H2,1-2H3,(H,27,29). The minimum Gasteiger partial charge on any atom is -0.323 e. The van der Waals surface area contributed by atoms with Gasteiger partial charge < -0.3 is 5.32 Å². The molecular formula is C25H23N3O3S. The molecule has 0 saturated carbocycles. The van der Waals surface area contributed by atoms with Crippen LogP contribution in [0.3, 0.4) is 0 Å². The Kier molecular flexibility index (Phi) is 5.92. The van der Waals surface area contributed by atoms with Gasteiger partial charge in [-0.2, -0.15) is 0 Å². The van der Waals surface area contributed by atoms with Crippen molar-refractivity contribution >= 4 is 38.2 Å². The van der Waals surface area contributed by atoms with E-state index in [0.29, 0.717) is 16.9 Å². The topological polar surface area (TPSA) is 79.4 Å². The third kappa shape index (κ3) is 4.48. The monoisotopic (exact) mass is 445 g/mol. The first-order valence-corrected chi connectivity index (χ1v) is 11.6. The van der Waals surface area contributed by atoms with Crippen LogP contribution < -0.4 is 9.62 Å². The van der Waals surface area contributed by atoms with E-state index in [4.69, 9.17) is 0 Å². The lowest BCUT2D eigenvalue weighted by Gasteiger charge is -2.24. The fraction of sp³-hybridized carbons (Fsp3) is 0.120. The van der Waals surface area contributed by atoms with Crippen LogP contribution in [0.25, 0.3) is 10.9 Å². The molecule has 0 radical (unpaired) electrons. The molecular weight excluding hydrogens is 422 g/mol. The number of rotatable bonds is 6. The Bertz CT molecular complexity index is 1360. The summed E-state index contributed by atoms with van der Waals surface area (Å²) in [6.07, 6.45) is 1.65. The number of sulfonamides is 1. The molecule has 0 fully saturated rings. The molecule has 0 saturated heterocycles. The van der Waals surface area contributed by atoms with Crippen molar-refractivity contribution < 1.29 is 13.2 Å². The van der Waals surface area contributed by atoms with Crippen LogP contribution in [0.4, 0.5) is 11.4 Å². The molecule has 1 N–H and O–H groups in total. The lowest BCUT2D eigenvalue weighted by molar-refractivity contribution is -0.114. The fourth-order valence-electron chi connectivity index (χ4n) is 3.39. The quantitative estimate of drug-likeness (QED) is 0.467. The van der Waals surface area contributed by atoms with E-state index in [0.717, 1.165) is 20.8 Å². The highest BCUT2D eigenvalue weighted by atomic mass is 32.2. The van der Waals surface area contributed by atoms with E-state index in [2.05, 4.69) is 10.3 Å². The molecule has 3 aromatic carbocycles. The van der Waals surface area contributed by atoms with Crippen LogP contribution in [0.2, 0.25) is 0 Å². The third-order valence-electron chi connectivity index (χ3n) is 5.12. The zero-order valence-electron chi connectivity index (χ0n) is 17.8. The molecule has 1 heterocycles. The predicted octanol–water partition coefficient (Wildman–Crippen LogP) is 4.69. The number of pyridine rings is 1. The van der Waals surface area contributed by atoms with Crippen molar-refractivity contribution in [1.29, 1.82) is 0 Å². The van der Waals surface area contributed by atoms with Gasteiger partial charge in [-0.15, -0.1) is 0 Å². The molecule has 7 heteroatoms. The number of hydrogen-bond acceptors (Lipinski definition) is 4. The van der Waals surface area contributed by atoms with Gasteiger partial charge in [-0.1, -0.05) is 53.6 Å². The Labute approximate surface area is 187 Å². The molecule has 0 spiro atoms. The van der Waals surface area contributed by atoms with Crippen molar-refractivity contribution in [2.75, 3.05) is 16.2 Å². The first kappa shape index (κ1) is 21.5. The lowest BCUT2D eigenvalue weighted by Crippen LogP contribution is -2.38. The highest BCUT2D eigenvalue weighted by molar-refractivity contribution is 7.92. The van der Waals surface area contributed by atoms with Gasteiger partial charge >= 0.3 is 0 Å². The van der Waals surface area contributed by atoms with E-state index in [-0.39, 0.29) is 11.4 Å². The number of nitrogens with zero attached hydrogens (tertiary/aromatic N) is 2. The van der Waals surface area contributed by atoms with Crippen molar-refractivity contribution in [1.82, 2.24) is 4.98 Å². The minimum absolute atomic E-state index is 0.128. The molecule has 0 aliphatic carbocycles. The zero-order valence-corrected chi connectivity index (χ0v) is 18.6. The molecule has 4 aromatic rings. The summed E-state index contributed by atoms with van der Waals surface area (Å²) in [5.74, 6) is -0.459. The van der Waals surface area contributed by atoms with E-state index >= 15 is 0 Å². The Balaban J connectivity index is 1.68. The van der Waals surface area contributed by atoms with E-state index in [1.807, 2.05) is 50.2 Å². The average Bonchev–Trinajstić information content (AvgIpc) is 2.79. The SMILES string of the molecule is Cc1ccc(N(CC(=O)Nc2cccc3cccnc23)S(=O)(=O)c2ccc(C)cc2)cc1. The largest absolute Gasteiger partial charge is 0.323 e. The molecule has 1 amide bonds. The number of benzene rings is 3. The van der Waals surface area contributed by atoms with Crippen LogP contribution in [0.1, 0.15) is 11.1 Å². The summed E-state index contributed by atoms with van der Waals surface area (Å²) in [4.78, 5) is 17.5. The van der Waals surface area contributed by atoms with Crippen LogP contribution in [0, 0.1) is 13.8 Å². The number of aryl methyl sites for hydroxylation is 2. The summed E-state index contributed by atoms with van der Waals surface area (Å²) in [6, 6.07) is 22.8. The van der Waals surface area contributed by atoms with Crippen molar-refractivity contribution in [3.8, 4) is 0 Å². The van der Waals surface area contributed by atoms with Gasteiger partial charge in [-0.25, -0.2) is 8.42 Å². The first-order chi connectivity index (χ1) is 15.3. The summed E-state index contributed by atoms with van der Waals surface area (Å²) >= 11 is 0. The summed E-state index contributed by atoms with van der Waals surface area (Å²) < 4.78 is 28.1. The van der Waals surface area contributed by atoms with Crippen LogP contribution in [0.15, 0.2) is 90.0 Å². The maximum Gasteiger partial charge on any atom is 0.264 e. The number of hydrogen-bond donors (Lipinski definition) is 1. The second-order valence-corrected chi connectivity index (χ2v) is 9.45. The summed E-state index contributed by atoms with van der Waals surface area (Å²) in [6.45, 7) is 3.44. The van der Waals surface area contributed by atoms with Crippen molar-refractivity contribution in [2.24, 2.45) is 0 Å². The van der Waals surface area contributed by atoms with Gasteiger partial charge in [-0.05, 0) is 50.2 Å². The minimum atomic E-state index is -3.96.